The number of benzene rings is 1. The quantitative estimate of drug-likeness (QED) is 0.911. The van der Waals surface area contributed by atoms with Crippen molar-refractivity contribution in [2.75, 3.05) is 0 Å². The smallest absolute Gasteiger partial charge is 0.244 e. The van der Waals surface area contributed by atoms with Crippen LogP contribution in [0.1, 0.15) is 38.3 Å². The van der Waals surface area contributed by atoms with E-state index in [1.807, 2.05) is 45.9 Å². The van der Waals surface area contributed by atoms with Crippen molar-refractivity contribution in [3.63, 3.8) is 0 Å². The third kappa shape index (κ3) is 3.04. The van der Waals surface area contributed by atoms with Crippen LogP contribution < -0.4 is 5.73 Å². The molecule has 0 radical (unpaired) electrons. The van der Waals surface area contributed by atoms with Gasteiger partial charge >= 0.3 is 0 Å². The van der Waals surface area contributed by atoms with E-state index in [0.717, 1.165) is 15.6 Å². The first-order chi connectivity index (χ1) is 8.79. The number of aromatic nitrogens is 2. The Morgan fingerprint density at radius 2 is 2.00 bits per heavy atom. The highest BCUT2D eigenvalue weighted by Crippen LogP contribution is 2.31. The van der Waals surface area contributed by atoms with Crippen LogP contribution in [0.5, 0.6) is 0 Å². The lowest BCUT2D eigenvalue weighted by atomic mass is 9.87. The highest BCUT2D eigenvalue weighted by molar-refractivity contribution is 9.10. The van der Waals surface area contributed by atoms with E-state index in [9.17, 15) is 0 Å². The van der Waals surface area contributed by atoms with Gasteiger partial charge in [0.15, 0.2) is 0 Å². The van der Waals surface area contributed by atoms with Crippen LogP contribution in [0, 0.1) is 12.3 Å². The molecule has 1 unspecified atom stereocenters. The van der Waals surface area contributed by atoms with Crippen molar-refractivity contribution in [2.45, 2.75) is 33.7 Å². The predicted octanol–water partition coefficient (Wildman–Crippen LogP) is 3.85. The summed E-state index contributed by atoms with van der Waals surface area (Å²) in [5.41, 5.74) is 8.06. The lowest BCUT2D eigenvalue weighted by Gasteiger charge is -2.23. The zero-order valence-corrected chi connectivity index (χ0v) is 13.2. The van der Waals surface area contributed by atoms with E-state index in [2.05, 4.69) is 26.1 Å². The van der Waals surface area contributed by atoms with Crippen molar-refractivity contribution in [1.29, 1.82) is 0 Å². The number of nitrogens with two attached hydrogens (primary N) is 1. The summed E-state index contributed by atoms with van der Waals surface area (Å²) in [6.07, 6.45) is 0. The maximum Gasteiger partial charge on any atom is 0.244 e. The highest BCUT2D eigenvalue weighted by atomic mass is 79.9. The van der Waals surface area contributed by atoms with E-state index in [4.69, 9.17) is 10.3 Å². The molecule has 0 aliphatic heterocycles. The Bertz CT molecular complexity index is 587. The van der Waals surface area contributed by atoms with Gasteiger partial charge < -0.3 is 10.3 Å². The van der Waals surface area contributed by atoms with Gasteiger partial charge in [0.05, 0.1) is 6.04 Å². The first kappa shape index (κ1) is 14.2. The summed E-state index contributed by atoms with van der Waals surface area (Å²) in [6, 6.07) is 5.68. The summed E-state index contributed by atoms with van der Waals surface area (Å²) in [7, 11) is 0. The molecule has 0 spiro atoms. The van der Waals surface area contributed by atoms with Gasteiger partial charge in [-0.15, -0.1) is 0 Å². The average Bonchev–Trinajstić information content (AvgIpc) is 2.75. The van der Waals surface area contributed by atoms with Crippen molar-refractivity contribution < 1.29 is 4.52 Å². The SMILES string of the molecule is Cc1cc(Br)ccc1-c1noc(C(N)C(C)(C)C)n1. The summed E-state index contributed by atoms with van der Waals surface area (Å²) < 4.78 is 6.33. The lowest BCUT2D eigenvalue weighted by molar-refractivity contribution is 0.253. The second-order valence-corrected chi connectivity index (χ2v) is 6.67. The Labute approximate surface area is 121 Å². The molecule has 0 bridgehead atoms. The molecule has 0 aliphatic rings. The monoisotopic (exact) mass is 323 g/mol. The van der Waals surface area contributed by atoms with Crippen LogP contribution in [0.2, 0.25) is 0 Å². The van der Waals surface area contributed by atoms with E-state index in [1.165, 1.54) is 0 Å². The molecule has 1 atom stereocenters. The molecule has 0 amide bonds. The number of hydrogen-bond donors (Lipinski definition) is 1. The van der Waals surface area contributed by atoms with Crippen molar-refractivity contribution in [1.82, 2.24) is 10.1 Å². The van der Waals surface area contributed by atoms with Gasteiger partial charge in [-0.2, -0.15) is 4.98 Å². The first-order valence-electron chi connectivity index (χ1n) is 6.15. The summed E-state index contributed by atoms with van der Waals surface area (Å²) >= 11 is 3.44. The lowest BCUT2D eigenvalue weighted by Crippen LogP contribution is -2.26. The van der Waals surface area contributed by atoms with Crippen LogP contribution in [-0.2, 0) is 0 Å². The zero-order chi connectivity index (χ0) is 14.2. The Morgan fingerprint density at radius 3 is 2.58 bits per heavy atom. The Morgan fingerprint density at radius 1 is 1.32 bits per heavy atom. The second kappa shape index (κ2) is 5.06. The fourth-order valence-electron chi connectivity index (χ4n) is 1.72. The fourth-order valence-corrected chi connectivity index (χ4v) is 2.19. The van der Waals surface area contributed by atoms with Gasteiger partial charge in [0.1, 0.15) is 0 Å². The maximum atomic E-state index is 6.12. The van der Waals surface area contributed by atoms with E-state index in [1.54, 1.807) is 0 Å². The van der Waals surface area contributed by atoms with Gasteiger partial charge in [-0.25, -0.2) is 0 Å². The van der Waals surface area contributed by atoms with Crippen molar-refractivity contribution in [3.8, 4) is 11.4 Å². The van der Waals surface area contributed by atoms with E-state index in [-0.39, 0.29) is 11.5 Å². The molecule has 19 heavy (non-hydrogen) atoms. The highest BCUT2D eigenvalue weighted by Gasteiger charge is 2.27. The molecule has 1 aromatic carbocycles. The predicted molar refractivity (Wildman–Crippen MR) is 78.6 cm³/mol. The number of nitrogens with zero attached hydrogens (tertiary/aromatic N) is 2. The molecule has 102 valence electrons. The molecule has 0 aliphatic carbocycles. The molecular formula is C14H18BrN3O. The van der Waals surface area contributed by atoms with Crippen molar-refractivity contribution in [3.05, 3.63) is 34.1 Å². The average molecular weight is 324 g/mol. The molecule has 1 heterocycles. The molecule has 2 aromatic rings. The molecule has 2 rings (SSSR count). The van der Waals surface area contributed by atoms with Crippen LogP contribution >= 0.6 is 15.9 Å². The molecule has 5 heteroatoms. The third-order valence-corrected chi connectivity index (χ3v) is 3.56. The minimum atomic E-state index is -0.274. The number of rotatable bonds is 2. The van der Waals surface area contributed by atoms with Crippen LogP contribution in [0.15, 0.2) is 27.2 Å². The summed E-state index contributed by atoms with van der Waals surface area (Å²) in [6.45, 7) is 8.16. The van der Waals surface area contributed by atoms with E-state index < -0.39 is 0 Å². The van der Waals surface area contributed by atoms with Crippen LogP contribution in [0.4, 0.5) is 0 Å². The normalized spacial score (nSPS) is 13.6. The summed E-state index contributed by atoms with van der Waals surface area (Å²) in [5, 5.41) is 4.03. The molecule has 0 fully saturated rings. The van der Waals surface area contributed by atoms with Crippen LogP contribution in [0.25, 0.3) is 11.4 Å². The number of aryl methyl sites for hydroxylation is 1. The largest absolute Gasteiger partial charge is 0.337 e. The maximum absolute atomic E-state index is 6.12. The van der Waals surface area contributed by atoms with Crippen molar-refractivity contribution in [2.24, 2.45) is 11.1 Å². The topological polar surface area (TPSA) is 64.9 Å². The Kier molecular flexibility index (Phi) is 3.78. The summed E-state index contributed by atoms with van der Waals surface area (Å²) in [4.78, 5) is 4.42. The molecule has 0 saturated heterocycles. The standard InChI is InChI=1S/C14H18BrN3O/c1-8-7-9(15)5-6-10(8)12-17-13(19-18-12)11(16)14(2,3)4/h5-7,11H,16H2,1-4H3. The van der Waals surface area contributed by atoms with Crippen LogP contribution in [0.3, 0.4) is 0 Å². The minimum Gasteiger partial charge on any atom is -0.337 e. The molecular weight excluding hydrogens is 306 g/mol. The number of hydrogen-bond acceptors (Lipinski definition) is 4. The minimum absolute atomic E-state index is 0.113. The van der Waals surface area contributed by atoms with Gasteiger partial charge in [0, 0.05) is 10.0 Å². The zero-order valence-electron chi connectivity index (χ0n) is 11.6. The van der Waals surface area contributed by atoms with Crippen molar-refractivity contribution >= 4 is 15.9 Å². The summed E-state index contributed by atoms with van der Waals surface area (Å²) in [5.74, 6) is 1.06. The molecule has 0 saturated carbocycles. The third-order valence-electron chi connectivity index (χ3n) is 3.07. The van der Waals surface area contributed by atoms with Crippen LogP contribution in [-0.4, -0.2) is 10.1 Å². The van der Waals surface area contributed by atoms with Gasteiger partial charge in [-0.1, -0.05) is 41.9 Å². The second-order valence-electron chi connectivity index (χ2n) is 5.76. The Hall–Kier alpha value is -1.20. The van der Waals surface area contributed by atoms with E-state index in [0.29, 0.717) is 11.7 Å². The van der Waals surface area contributed by atoms with E-state index >= 15 is 0 Å². The van der Waals surface area contributed by atoms with Gasteiger partial charge in [0.25, 0.3) is 0 Å². The Balaban J connectivity index is 2.36. The molecule has 1 aromatic heterocycles. The number of halogens is 1. The first-order valence-corrected chi connectivity index (χ1v) is 6.94. The van der Waals surface area contributed by atoms with Gasteiger partial charge in [0.2, 0.25) is 11.7 Å². The molecule has 2 N–H and O–H groups in total. The molecule has 4 nitrogen and oxygen atoms in total. The fraction of sp³-hybridized carbons (Fsp3) is 0.429. The van der Waals surface area contributed by atoms with Gasteiger partial charge in [-0.3, -0.25) is 0 Å². The van der Waals surface area contributed by atoms with Gasteiger partial charge in [-0.05, 0) is 36.1 Å².